The standard InChI is InChI=1S/C18H24NO2P/c1-15(2)14-21-22(3,20)18(16-10-6-4-7-11-16)19-17-12-8-5-9-13-17/h4-13,15,18-19H,14H2,1-3H3/t18-,22+/m0/s1. The molecule has 0 saturated carbocycles. The van der Waals surface area contributed by atoms with Crippen LogP contribution >= 0.6 is 7.37 Å². The summed E-state index contributed by atoms with van der Waals surface area (Å²) in [4.78, 5) is 0. The Labute approximate surface area is 133 Å². The molecule has 0 fully saturated rings. The van der Waals surface area contributed by atoms with Crippen molar-refractivity contribution < 1.29 is 9.09 Å². The Kier molecular flexibility index (Phi) is 5.82. The van der Waals surface area contributed by atoms with Crippen LogP contribution in [-0.4, -0.2) is 13.3 Å². The molecule has 0 aliphatic rings. The van der Waals surface area contributed by atoms with Crippen LogP contribution in [0.2, 0.25) is 0 Å². The van der Waals surface area contributed by atoms with Crippen LogP contribution in [0.3, 0.4) is 0 Å². The second-order valence-corrected chi connectivity index (χ2v) is 8.51. The van der Waals surface area contributed by atoms with Crippen molar-refractivity contribution in [3.63, 3.8) is 0 Å². The zero-order valence-electron chi connectivity index (χ0n) is 13.4. The van der Waals surface area contributed by atoms with Gasteiger partial charge >= 0.3 is 0 Å². The number of nitrogens with one attached hydrogen (secondary N) is 1. The van der Waals surface area contributed by atoms with Gasteiger partial charge in [-0.05, 0) is 23.6 Å². The summed E-state index contributed by atoms with van der Waals surface area (Å²) in [5.41, 5.74) is 1.91. The average Bonchev–Trinajstić information content (AvgIpc) is 2.52. The summed E-state index contributed by atoms with van der Waals surface area (Å²) in [6.45, 7) is 6.32. The van der Waals surface area contributed by atoms with E-state index in [-0.39, 0.29) is 5.78 Å². The molecule has 2 aromatic rings. The molecule has 0 heterocycles. The fraction of sp³-hybridized carbons (Fsp3) is 0.333. The van der Waals surface area contributed by atoms with Gasteiger partial charge in [-0.25, -0.2) is 0 Å². The normalized spacial score (nSPS) is 15.3. The summed E-state index contributed by atoms with van der Waals surface area (Å²) in [6, 6.07) is 19.7. The fourth-order valence-electron chi connectivity index (χ4n) is 2.17. The zero-order chi connectivity index (χ0) is 16.0. The third kappa shape index (κ3) is 4.72. The van der Waals surface area contributed by atoms with E-state index in [1.807, 2.05) is 60.7 Å². The van der Waals surface area contributed by atoms with Gasteiger partial charge in [-0.2, -0.15) is 0 Å². The average molecular weight is 317 g/mol. The molecule has 2 aromatic carbocycles. The van der Waals surface area contributed by atoms with Crippen LogP contribution in [0.4, 0.5) is 5.69 Å². The molecule has 0 bridgehead atoms. The quantitative estimate of drug-likeness (QED) is 0.697. The Bertz CT molecular complexity index is 613. The molecular formula is C18H24NO2P. The molecule has 118 valence electrons. The van der Waals surface area contributed by atoms with E-state index in [0.29, 0.717) is 12.5 Å². The molecule has 4 heteroatoms. The Morgan fingerprint density at radius 3 is 2.09 bits per heavy atom. The summed E-state index contributed by atoms with van der Waals surface area (Å²) in [7, 11) is -2.86. The van der Waals surface area contributed by atoms with Crippen LogP contribution in [0, 0.1) is 5.92 Å². The predicted molar refractivity (Wildman–Crippen MR) is 93.6 cm³/mol. The molecule has 0 radical (unpaired) electrons. The summed E-state index contributed by atoms with van der Waals surface area (Å²) >= 11 is 0. The minimum atomic E-state index is -2.86. The first-order valence-electron chi connectivity index (χ1n) is 7.57. The summed E-state index contributed by atoms with van der Waals surface area (Å²) in [5.74, 6) is -0.00345. The summed E-state index contributed by atoms with van der Waals surface area (Å²) in [6.07, 6.45) is 0. The van der Waals surface area contributed by atoms with Gasteiger partial charge < -0.3 is 9.84 Å². The lowest BCUT2D eigenvalue weighted by Crippen LogP contribution is -2.14. The molecular weight excluding hydrogens is 293 g/mol. The van der Waals surface area contributed by atoms with Gasteiger partial charge in [0.25, 0.3) is 0 Å². The molecule has 0 aliphatic heterocycles. The van der Waals surface area contributed by atoms with Gasteiger partial charge in [-0.1, -0.05) is 62.4 Å². The maximum atomic E-state index is 13.1. The van der Waals surface area contributed by atoms with Crippen molar-refractivity contribution in [2.45, 2.75) is 19.6 Å². The van der Waals surface area contributed by atoms with Crippen molar-refractivity contribution in [3.05, 3.63) is 66.2 Å². The molecule has 2 rings (SSSR count). The maximum Gasteiger partial charge on any atom is 0.226 e. The molecule has 0 unspecified atom stereocenters. The lowest BCUT2D eigenvalue weighted by Gasteiger charge is -2.27. The van der Waals surface area contributed by atoms with E-state index in [1.54, 1.807) is 6.66 Å². The van der Waals surface area contributed by atoms with E-state index in [0.717, 1.165) is 11.3 Å². The number of para-hydroxylation sites is 1. The molecule has 0 amide bonds. The molecule has 1 N–H and O–H groups in total. The highest BCUT2D eigenvalue weighted by Crippen LogP contribution is 2.57. The maximum absolute atomic E-state index is 13.1. The molecule has 0 aromatic heterocycles. The van der Waals surface area contributed by atoms with Crippen molar-refractivity contribution in [1.82, 2.24) is 0 Å². The predicted octanol–water partition coefficient (Wildman–Crippen LogP) is 5.38. The fourth-order valence-corrected chi connectivity index (χ4v) is 4.01. The summed E-state index contributed by atoms with van der Waals surface area (Å²) < 4.78 is 18.9. The largest absolute Gasteiger partial charge is 0.370 e. The topological polar surface area (TPSA) is 38.3 Å². The smallest absolute Gasteiger partial charge is 0.226 e. The number of hydrogen-bond acceptors (Lipinski definition) is 3. The van der Waals surface area contributed by atoms with E-state index in [2.05, 4.69) is 19.2 Å². The molecule has 2 atom stereocenters. The molecule has 3 nitrogen and oxygen atoms in total. The van der Waals surface area contributed by atoms with E-state index in [1.165, 1.54) is 0 Å². The number of rotatable bonds is 7. The minimum Gasteiger partial charge on any atom is -0.370 e. The van der Waals surface area contributed by atoms with Gasteiger partial charge in [0.1, 0.15) is 5.78 Å². The second-order valence-electron chi connectivity index (χ2n) is 5.92. The van der Waals surface area contributed by atoms with Crippen molar-refractivity contribution in [3.8, 4) is 0 Å². The first-order chi connectivity index (χ1) is 10.5. The Balaban J connectivity index is 2.27. The monoisotopic (exact) mass is 317 g/mol. The number of anilines is 1. The van der Waals surface area contributed by atoms with Crippen LogP contribution < -0.4 is 5.32 Å². The van der Waals surface area contributed by atoms with Gasteiger partial charge in [0.15, 0.2) is 0 Å². The first-order valence-corrected chi connectivity index (χ1v) is 9.71. The van der Waals surface area contributed by atoms with Crippen LogP contribution in [0.1, 0.15) is 25.2 Å². The SMILES string of the molecule is CC(C)CO[P@@](C)(=O)[C@H](Nc1ccccc1)c1ccccc1. The van der Waals surface area contributed by atoms with Crippen LogP contribution in [0.5, 0.6) is 0 Å². The van der Waals surface area contributed by atoms with E-state index < -0.39 is 7.37 Å². The molecule has 0 saturated heterocycles. The molecule has 0 aliphatic carbocycles. The second kappa shape index (κ2) is 7.62. The Morgan fingerprint density at radius 2 is 1.55 bits per heavy atom. The van der Waals surface area contributed by atoms with Gasteiger partial charge in [0.05, 0.1) is 6.61 Å². The van der Waals surface area contributed by atoms with E-state index in [9.17, 15) is 4.57 Å². The highest BCUT2D eigenvalue weighted by molar-refractivity contribution is 7.58. The van der Waals surface area contributed by atoms with Gasteiger partial charge in [0.2, 0.25) is 7.37 Å². The lowest BCUT2D eigenvalue weighted by atomic mass is 10.2. The Hall–Kier alpha value is -1.57. The van der Waals surface area contributed by atoms with E-state index >= 15 is 0 Å². The van der Waals surface area contributed by atoms with Crippen molar-refractivity contribution >= 4 is 13.1 Å². The van der Waals surface area contributed by atoms with Crippen LogP contribution in [-0.2, 0) is 9.09 Å². The Morgan fingerprint density at radius 1 is 1.00 bits per heavy atom. The van der Waals surface area contributed by atoms with E-state index in [4.69, 9.17) is 4.52 Å². The minimum absolute atomic E-state index is 0.349. The van der Waals surface area contributed by atoms with Gasteiger partial charge in [-0.15, -0.1) is 0 Å². The number of benzene rings is 2. The highest BCUT2D eigenvalue weighted by Gasteiger charge is 2.31. The van der Waals surface area contributed by atoms with Crippen LogP contribution in [0.15, 0.2) is 60.7 Å². The van der Waals surface area contributed by atoms with Crippen molar-refractivity contribution in [2.24, 2.45) is 5.92 Å². The van der Waals surface area contributed by atoms with Gasteiger partial charge in [0, 0.05) is 12.4 Å². The van der Waals surface area contributed by atoms with Crippen LogP contribution in [0.25, 0.3) is 0 Å². The third-order valence-electron chi connectivity index (χ3n) is 3.33. The summed E-state index contributed by atoms with van der Waals surface area (Å²) in [5, 5.41) is 3.37. The van der Waals surface area contributed by atoms with Crippen molar-refractivity contribution in [1.29, 1.82) is 0 Å². The highest BCUT2D eigenvalue weighted by atomic mass is 31.2. The number of hydrogen-bond donors (Lipinski definition) is 1. The lowest BCUT2D eigenvalue weighted by molar-refractivity contribution is 0.269. The van der Waals surface area contributed by atoms with Crippen molar-refractivity contribution in [2.75, 3.05) is 18.6 Å². The zero-order valence-corrected chi connectivity index (χ0v) is 14.3. The first kappa shape index (κ1) is 16.8. The van der Waals surface area contributed by atoms with Gasteiger partial charge in [-0.3, -0.25) is 4.57 Å². The third-order valence-corrected chi connectivity index (χ3v) is 5.35. The molecule has 22 heavy (non-hydrogen) atoms. The molecule has 0 spiro atoms.